The fourth-order valence-electron chi connectivity index (χ4n) is 1.49. The molecule has 1 atom stereocenters. The van der Waals surface area contributed by atoms with Crippen LogP contribution in [0.1, 0.15) is 37.4 Å². The normalized spacial score (nSPS) is 13.8. The van der Waals surface area contributed by atoms with E-state index >= 15 is 0 Å². The molecule has 90 valence electrons. The Bertz CT molecular complexity index is 314. The molecule has 3 heteroatoms. The fraction of sp³-hybridized carbons (Fsp3) is 0.538. The molecular weight excluding hydrogens is 202 g/mol. The van der Waals surface area contributed by atoms with E-state index in [2.05, 4.69) is 0 Å². The highest BCUT2D eigenvalue weighted by atomic mass is 16.3. The van der Waals surface area contributed by atoms with Gasteiger partial charge >= 0.3 is 0 Å². The summed E-state index contributed by atoms with van der Waals surface area (Å²) in [5, 5.41) is 18.5. The van der Waals surface area contributed by atoms with Crippen LogP contribution < -0.4 is 5.73 Å². The average molecular weight is 223 g/mol. The molecule has 0 bridgehead atoms. The van der Waals surface area contributed by atoms with Gasteiger partial charge < -0.3 is 15.9 Å². The van der Waals surface area contributed by atoms with Crippen molar-refractivity contribution in [2.75, 3.05) is 6.61 Å². The Morgan fingerprint density at radius 1 is 1.25 bits per heavy atom. The molecule has 0 aliphatic carbocycles. The van der Waals surface area contributed by atoms with Gasteiger partial charge in [-0.05, 0) is 37.8 Å². The zero-order valence-electron chi connectivity index (χ0n) is 9.98. The van der Waals surface area contributed by atoms with Crippen LogP contribution in [-0.4, -0.2) is 22.4 Å². The highest BCUT2D eigenvalue weighted by Crippen LogP contribution is 2.15. The first-order chi connectivity index (χ1) is 7.42. The zero-order valence-corrected chi connectivity index (χ0v) is 9.98. The third-order valence-corrected chi connectivity index (χ3v) is 2.63. The molecule has 0 radical (unpaired) electrons. The van der Waals surface area contributed by atoms with Gasteiger partial charge in [-0.1, -0.05) is 24.3 Å². The highest BCUT2D eigenvalue weighted by molar-refractivity contribution is 5.25. The first-order valence-corrected chi connectivity index (χ1v) is 5.60. The van der Waals surface area contributed by atoms with E-state index in [4.69, 9.17) is 10.8 Å². The van der Waals surface area contributed by atoms with Crippen LogP contribution in [0.25, 0.3) is 0 Å². The maximum atomic E-state index is 9.61. The van der Waals surface area contributed by atoms with Gasteiger partial charge in [0.1, 0.15) is 0 Å². The lowest BCUT2D eigenvalue weighted by Crippen LogP contribution is -2.19. The largest absolute Gasteiger partial charge is 0.394 e. The van der Waals surface area contributed by atoms with Crippen LogP contribution in [0.5, 0.6) is 0 Å². The van der Waals surface area contributed by atoms with Crippen LogP contribution >= 0.6 is 0 Å². The molecule has 0 spiro atoms. The summed E-state index contributed by atoms with van der Waals surface area (Å²) in [5.74, 6) is 0. The first kappa shape index (κ1) is 13.2. The highest BCUT2D eigenvalue weighted by Gasteiger charge is 2.12. The SMILES string of the molecule is CC(C)(O)CCc1ccc(C(N)CO)cc1. The van der Waals surface area contributed by atoms with Crippen molar-refractivity contribution >= 4 is 0 Å². The Hall–Kier alpha value is -0.900. The van der Waals surface area contributed by atoms with E-state index in [9.17, 15) is 5.11 Å². The number of aliphatic hydroxyl groups is 2. The summed E-state index contributed by atoms with van der Waals surface area (Å²) in [5.41, 5.74) is 7.19. The lowest BCUT2D eigenvalue weighted by molar-refractivity contribution is 0.0714. The number of benzene rings is 1. The maximum Gasteiger partial charge on any atom is 0.0624 e. The molecule has 0 aliphatic rings. The van der Waals surface area contributed by atoms with E-state index in [1.54, 1.807) is 0 Å². The Morgan fingerprint density at radius 2 is 1.81 bits per heavy atom. The van der Waals surface area contributed by atoms with Gasteiger partial charge in [-0.15, -0.1) is 0 Å². The van der Waals surface area contributed by atoms with Crippen LogP contribution in [-0.2, 0) is 6.42 Å². The van der Waals surface area contributed by atoms with Gasteiger partial charge in [-0.25, -0.2) is 0 Å². The van der Waals surface area contributed by atoms with Gasteiger partial charge in [0.15, 0.2) is 0 Å². The predicted molar refractivity (Wildman–Crippen MR) is 65.1 cm³/mol. The molecule has 1 rings (SSSR count). The zero-order chi connectivity index (χ0) is 12.2. The number of aryl methyl sites for hydroxylation is 1. The van der Waals surface area contributed by atoms with Gasteiger partial charge in [-0.3, -0.25) is 0 Å². The minimum atomic E-state index is -0.625. The van der Waals surface area contributed by atoms with Crippen molar-refractivity contribution in [2.45, 2.75) is 38.3 Å². The molecule has 1 unspecified atom stereocenters. The monoisotopic (exact) mass is 223 g/mol. The van der Waals surface area contributed by atoms with Crippen molar-refractivity contribution in [3.05, 3.63) is 35.4 Å². The van der Waals surface area contributed by atoms with Crippen LogP contribution in [0.15, 0.2) is 24.3 Å². The molecule has 0 saturated heterocycles. The van der Waals surface area contributed by atoms with Crippen LogP contribution in [0.4, 0.5) is 0 Å². The lowest BCUT2D eigenvalue weighted by atomic mass is 9.97. The van der Waals surface area contributed by atoms with Gasteiger partial charge in [-0.2, -0.15) is 0 Å². The molecular formula is C13H21NO2. The molecule has 0 amide bonds. The van der Waals surface area contributed by atoms with Crippen molar-refractivity contribution in [3.63, 3.8) is 0 Å². The first-order valence-electron chi connectivity index (χ1n) is 5.60. The smallest absolute Gasteiger partial charge is 0.0624 e. The summed E-state index contributed by atoms with van der Waals surface area (Å²) in [6, 6.07) is 7.55. The maximum absolute atomic E-state index is 9.61. The van der Waals surface area contributed by atoms with Gasteiger partial charge in [0.25, 0.3) is 0 Å². The second kappa shape index (κ2) is 5.43. The number of hydrogen-bond donors (Lipinski definition) is 3. The predicted octanol–water partition coefficient (Wildman–Crippen LogP) is 1.38. The summed E-state index contributed by atoms with van der Waals surface area (Å²) in [4.78, 5) is 0. The fourth-order valence-corrected chi connectivity index (χ4v) is 1.49. The van der Waals surface area contributed by atoms with E-state index < -0.39 is 5.60 Å². The Balaban J connectivity index is 2.58. The molecule has 1 aromatic carbocycles. The molecule has 0 aromatic heterocycles. The van der Waals surface area contributed by atoms with Crippen LogP contribution in [0.3, 0.4) is 0 Å². The number of rotatable bonds is 5. The number of aliphatic hydroxyl groups excluding tert-OH is 1. The van der Waals surface area contributed by atoms with Gasteiger partial charge in [0.2, 0.25) is 0 Å². The molecule has 0 aliphatic heterocycles. The second-order valence-corrected chi connectivity index (χ2v) is 4.84. The Morgan fingerprint density at radius 3 is 2.25 bits per heavy atom. The third-order valence-electron chi connectivity index (χ3n) is 2.63. The summed E-state index contributed by atoms with van der Waals surface area (Å²) < 4.78 is 0. The number of nitrogens with two attached hydrogens (primary N) is 1. The minimum Gasteiger partial charge on any atom is -0.394 e. The second-order valence-electron chi connectivity index (χ2n) is 4.84. The van der Waals surface area contributed by atoms with E-state index in [1.165, 1.54) is 5.56 Å². The van der Waals surface area contributed by atoms with Crippen LogP contribution in [0, 0.1) is 0 Å². The van der Waals surface area contributed by atoms with Crippen molar-refractivity contribution in [3.8, 4) is 0 Å². The Kier molecular flexibility index (Phi) is 4.47. The topological polar surface area (TPSA) is 66.5 Å². The standard InChI is InChI=1S/C13H21NO2/c1-13(2,16)8-7-10-3-5-11(6-4-10)12(14)9-15/h3-6,12,15-16H,7-9,14H2,1-2H3. The van der Waals surface area contributed by atoms with Crippen molar-refractivity contribution in [1.29, 1.82) is 0 Å². The van der Waals surface area contributed by atoms with E-state index in [0.717, 1.165) is 18.4 Å². The molecule has 4 N–H and O–H groups in total. The van der Waals surface area contributed by atoms with Gasteiger partial charge in [0, 0.05) is 0 Å². The van der Waals surface area contributed by atoms with Crippen molar-refractivity contribution in [2.24, 2.45) is 5.73 Å². The molecule has 16 heavy (non-hydrogen) atoms. The van der Waals surface area contributed by atoms with Crippen molar-refractivity contribution in [1.82, 2.24) is 0 Å². The van der Waals surface area contributed by atoms with Crippen LogP contribution in [0.2, 0.25) is 0 Å². The molecule has 3 nitrogen and oxygen atoms in total. The molecule has 0 fully saturated rings. The average Bonchev–Trinajstić information content (AvgIpc) is 2.25. The summed E-state index contributed by atoms with van der Waals surface area (Å²) in [6.45, 7) is 3.58. The summed E-state index contributed by atoms with van der Waals surface area (Å²) >= 11 is 0. The van der Waals surface area contributed by atoms with Gasteiger partial charge in [0.05, 0.1) is 18.2 Å². The van der Waals surface area contributed by atoms with Crippen molar-refractivity contribution < 1.29 is 10.2 Å². The number of hydrogen-bond acceptors (Lipinski definition) is 3. The van der Waals surface area contributed by atoms with E-state index in [1.807, 2.05) is 38.1 Å². The molecule has 0 saturated carbocycles. The molecule has 1 aromatic rings. The molecule has 0 heterocycles. The Labute approximate surface area is 96.9 Å². The third kappa shape index (κ3) is 4.31. The van der Waals surface area contributed by atoms with E-state index in [0.29, 0.717) is 0 Å². The summed E-state index contributed by atoms with van der Waals surface area (Å²) in [6.07, 6.45) is 1.58. The minimum absolute atomic E-state index is 0.0387. The summed E-state index contributed by atoms with van der Waals surface area (Å²) in [7, 11) is 0. The quantitative estimate of drug-likeness (QED) is 0.706. The van der Waals surface area contributed by atoms with E-state index in [-0.39, 0.29) is 12.6 Å². The lowest BCUT2D eigenvalue weighted by Gasteiger charge is -2.17.